The van der Waals surface area contributed by atoms with Crippen molar-refractivity contribution in [1.82, 2.24) is 10.6 Å². The van der Waals surface area contributed by atoms with Gasteiger partial charge in [0.15, 0.2) is 5.96 Å². The summed E-state index contributed by atoms with van der Waals surface area (Å²) < 4.78 is 0. The summed E-state index contributed by atoms with van der Waals surface area (Å²) >= 11 is 0. The highest BCUT2D eigenvalue weighted by Gasteiger charge is 2.03. The zero-order valence-corrected chi connectivity index (χ0v) is 14.2. The first-order valence-corrected chi connectivity index (χ1v) is 6.79. The smallest absolute Gasteiger partial charge is 0.191 e. The van der Waals surface area contributed by atoms with E-state index >= 15 is 0 Å². The molecule has 104 valence electrons. The predicted octanol–water partition coefficient (Wildman–Crippen LogP) is 3.54. The van der Waals surface area contributed by atoms with Crippen LogP contribution in [0, 0.1) is 0 Å². The van der Waals surface area contributed by atoms with Crippen molar-refractivity contribution in [3.05, 3.63) is 0 Å². The van der Waals surface area contributed by atoms with Gasteiger partial charge in [-0.3, -0.25) is 4.99 Å². The van der Waals surface area contributed by atoms with E-state index in [4.69, 9.17) is 0 Å². The number of halogens is 1. The van der Waals surface area contributed by atoms with Crippen LogP contribution in [0.3, 0.4) is 0 Å². The molecule has 4 heteroatoms. The van der Waals surface area contributed by atoms with E-state index in [0.29, 0.717) is 6.04 Å². The fourth-order valence-corrected chi connectivity index (χ4v) is 1.55. The Morgan fingerprint density at radius 3 is 2.35 bits per heavy atom. The summed E-state index contributed by atoms with van der Waals surface area (Å²) in [6.45, 7) is 10.6. The Bertz CT molecular complexity index is 184. The molecule has 0 aliphatic rings. The third-order valence-corrected chi connectivity index (χ3v) is 2.46. The molecule has 0 amide bonds. The lowest BCUT2D eigenvalue weighted by atomic mass is 10.1. The Balaban J connectivity index is 0. The standard InChI is InChI=1S/C13H29N3.HI/c1-5-8-9-10-12(4)16-13(14-7-3)15-11-6-2;/h12H,5-11H2,1-4H3,(H2,14,15,16);1H. The first kappa shape index (κ1) is 19.3. The van der Waals surface area contributed by atoms with Gasteiger partial charge in [0.05, 0.1) is 0 Å². The number of unbranched alkanes of at least 4 members (excludes halogenated alkanes) is 2. The highest BCUT2D eigenvalue weighted by Crippen LogP contribution is 2.02. The molecule has 0 fully saturated rings. The number of guanidine groups is 1. The molecule has 0 bridgehead atoms. The van der Waals surface area contributed by atoms with Crippen LogP contribution in [-0.2, 0) is 0 Å². The van der Waals surface area contributed by atoms with E-state index in [-0.39, 0.29) is 24.0 Å². The van der Waals surface area contributed by atoms with Gasteiger partial charge in [0.1, 0.15) is 0 Å². The molecule has 0 aromatic heterocycles. The van der Waals surface area contributed by atoms with Crippen molar-refractivity contribution < 1.29 is 0 Å². The van der Waals surface area contributed by atoms with Gasteiger partial charge in [-0.15, -0.1) is 24.0 Å². The molecule has 1 atom stereocenters. The quantitative estimate of drug-likeness (QED) is 0.302. The molecule has 0 radical (unpaired) electrons. The lowest BCUT2D eigenvalue weighted by molar-refractivity contribution is 0.547. The zero-order chi connectivity index (χ0) is 12.2. The average molecular weight is 355 g/mol. The Labute approximate surface area is 124 Å². The highest BCUT2D eigenvalue weighted by molar-refractivity contribution is 14.0. The van der Waals surface area contributed by atoms with Crippen molar-refractivity contribution >= 4 is 29.9 Å². The van der Waals surface area contributed by atoms with E-state index in [9.17, 15) is 0 Å². The van der Waals surface area contributed by atoms with Gasteiger partial charge in [0.2, 0.25) is 0 Å². The second-order valence-electron chi connectivity index (χ2n) is 4.30. The van der Waals surface area contributed by atoms with E-state index in [2.05, 4.69) is 43.3 Å². The Kier molecular flexibility index (Phi) is 16.0. The molecule has 0 rings (SSSR count). The maximum absolute atomic E-state index is 4.49. The number of nitrogens with one attached hydrogen (secondary N) is 2. The summed E-state index contributed by atoms with van der Waals surface area (Å²) in [7, 11) is 0. The van der Waals surface area contributed by atoms with E-state index < -0.39 is 0 Å². The van der Waals surface area contributed by atoms with Crippen molar-refractivity contribution in [2.24, 2.45) is 4.99 Å². The second kappa shape index (κ2) is 14.1. The second-order valence-corrected chi connectivity index (χ2v) is 4.30. The molecular formula is C13H30IN3. The molecule has 0 aromatic carbocycles. The van der Waals surface area contributed by atoms with Crippen molar-refractivity contribution in [1.29, 1.82) is 0 Å². The van der Waals surface area contributed by atoms with Gasteiger partial charge in [-0.2, -0.15) is 0 Å². The van der Waals surface area contributed by atoms with Crippen molar-refractivity contribution in [3.63, 3.8) is 0 Å². The van der Waals surface area contributed by atoms with Crippen LogP contribution in [0.2, 0.25) is 0 Å². The molecule has 0 spiro atoms. The largest absolute Gasteiger partial charge is 0.357 e. The first-order valence-electron chi connectivity index (χ1n) is 6.79. The number of hydrogen-bond acceptors (Lipinski definition) is 1. The Morgan fingerprint density at radius 1 is 1.12 bits per heavy atom. The maximum atomic E-state index is 4.49. The van der Waals surface area contributed by atoms with Crippen LogP contribution < -0.4 is 10.6 Å². The van der Waals surface area contributed by atoms with Gasteiger partial charge in [-0.05, 0) is 26.7 Å². The normalized spacial score (nSPS) is 12.8. The molecular weight excluding hydrogens is 325 g/mol. The maximum Gasteiger partial charge on any atom is 0.191 e. The van der Waals surface area contributed by atoms with Crippen LogP contribution in [0.15, 0.2) is 4.99 Å². The molecule has 0 aliphatic heterocycles. The number of rotatable bonds is 8. The number of nitrogens with zero attached hydrogens (tertiary/aromatic N) is 1. The monoisotopic (exact) mass is 355 g/mol. The van der Waals surface area contributed by atoms with Gasteiger partial charge in [0, 0.05) is 19.1 Å². The minimum absolute atomic E-state index is 0. The molecule has 3 nitrogen and oxygen atoms in total. The van der Waals surface area contributed by atoms with E-state index in [1.807, 2.05) is 0 Å². The fraction of sp³-hybridized carbons (Fsp3) is 0.923. The van der Waals surface area contributed by atoms with Crippen LogP contribution in [0.4, 0.5) is 0 Å². The van der Waals surface area contributed by atoms with Gasteiger partial charge in [-0.1, -0.05) is 33.1 Å². The summed E-state index contributed by atoms with van der Waals surface area (Å²) in [6, 6.07) is 0.515. The molecule has 0 aromatic rings. The van der Waals surface area contributed by atoms with Gasteiger partial charge < -0.3 is 10.6 Å². The third-order valence-electron chi connectivity index (χ3n) is 2.46. The number of aliphatic imine (C=N–C) groups is 1. The predicted molar refractivity (Wildman–Crippen MR) is 88.4 cm³/mol. The van der Waals surface area contributed by atoms with Gasteiger partial charge >= 0.3 is 0 Å². The van der Waals surface area contributed by atoms with E-state index in [0.717, 1.165) is 25.5 Å². The summed E-state index contributed by atoms with van der Waals surface area (Å²) in [5.74, 6) is 0.966. The molecule has 1 unspecified atom stereocenters. The number of hydrogen-bond donors (Lipinski definition) is 2. The minimum atomic E-state index is 0. The average Bonchev–Trinajstić information content (AvgIpc) is 2.26. The van der Waals surface area contributed by atoms with Crippen molar-refractivity contribution in [2.75, 3.05) is 13.1 Å². The fourth-order valence-electron chi connectivity index (χ4n) is 1.55. The Morgan fingerprint density at radius 2 is 1.82 bits per heavy atom. The Hall–Kier alpha value is 0. The highest BCUT2D eigenvalue weighted by atomic mass is 127. The lowest BCUT2D eigenvalue weighted by Crippen LogP contribution is -2.42. The SMILES string of the molecule is CCCCCC(C)NC(=NCCC)NCC.I. The van der Waals surface area contributed by atoms with Gasteiger partial charge in [0.25, 0.3) is 0 Å². The first-order chi connectivity index (χ1) is 7.74. The molecule has 0 saturated heterocycles. The van der Waals surface area contributed by atoms with Crippen LogP contribution in [-0.4, -0.2) is 25.1 Å². The summed E-state index contributed by atoms with van der Waals surface area (Å²) in [6.07, 6.45) is 6.24. The summed E-state index contributed by atoms with van der Waals surface area (Å²) in [4.78, 5) is 4.49. The third kappa shape index (κ3) is 12.2. The van der Waals surface area contributed by atoms with Crippen LogP contribution in [0.5, 0.6) is 0 Å². The lowest BCUT2D eigenvalue weighted by Gasteiger charge is -2.17. The van der Waals surface area contributed by atoms with E-state index in [1.165, 1.54) is 25.7 Å². The van der Waals surface area contributed by atoms with Crippen LogP contribution in [0.25, 0.3) is 0 Å². The summed E-state index contributed by atoms with van der Waals surface area (Å²) in [5.41, 5.74) is 0. The van der Waals surface area contributed by atoms with E-state index in [1.54, 1.807) is 0 Å². The molecule has 2 N–H and O–H groups in total. The molecule has 0 aliphatic carbocycles. The van der Waals surface area contributed by atoms with Gasteiger partial charge in [-0.25, -0.2) is 0 Å². The van der Waals surface area contributed by atoms with Crippen molar-refractivity contribution in [3.8, 4) is 0 Å². The van der Waals surface area contributed by atoms with Crippen LogP contribution >= 0.6 is 24.0 Å². The molecule has 17 heavy (non-hydrogen) atoms. The summed E-state index contributed by atoms with van der Waals surface area (Å²) in [5, 5.41) is 6.73. The molecule has 0 heterocycles. The van der Waals surface area contributed by atoms with Crippen molar-refractivity contribution in [2.45, 2.75) is 65.8 Å². The minimum Gasteiger partial charge on any atom is -0.357 e. The zero-order valence-electron chi connectivity index (χ0n) is 11.9. The topological polar surface area (TPSA) is 36.4 Å². The molecule has 0 saturated carbocycles. The van der Waals surface area contributed by atoms with Crippen LogP contribution in [0.1, 0.15) is 59.8 Å².